The summed E-state index contributed by atoms with van der Waals surface area (Å²) < 4.78 is 71.6. The number of carboxylic acid groups (broad SMARTS) is 1. The fourth-order valence-corrected chi connectivity index (χ4v) is 4.05. The maximum atomic E-state index is 13.0. The third kappa shape index (κ3) is 4.28. The molecule has 0 aliphatic carbocycles. The molecule has 2 aromatic carbocycles. The van der Waals surface area contributed by atoms with Crippen LogP contribution in [0, 0.1) is 6.92 Å². The van der Waals surface area contributed by atoms with E-state index in [-0.39, 0.29) is 40.3 Å². The number of benzene rings is 2. The van der Waals surface area contributed by atoms with E-state index in [2.05, 4.69) is 4.72 Å². The number of sulfonamides is 1. The molecular formula is C19H16F3NO5S. The molecule has 0 aliphatic heterocycles. The maximum Gasteiger partial charge on any atom is 0.416 e. The van der Waals surface area contributed by atoms with Crippen molar-refractivity contribution in [3.63, 3.8) is 0 Å². The van der Waals surface area contributed by atoms with Gasteiger partial charge in [-0.15, -0.1) is 0 Å². The summed E-state index contributed by atoms with van der Waals surface area (Å²) in [4.78, 5) is 11.0. The van der Waals surface area contributed by atoms with Crippen LogP contribution in [0.3, 0.4) is 0 Å². The van der Waals surface area contributed by atoms with Crippen molar-refractivity contribution < 1.29 is 35.9 Å². The zero-order chi connectivity index (χ0) is 21.4. The van der Waals surface area contributed by atoms with Crippen molar-refractivity contribution in [3.05, 3.63) is 64.9 Å². The Balaban J connectivity index is 1.80. The van der Waals surface area contributed by atoms with Crippen LogP contribution in [-0.4, -0.2) is 26.0 Å². The summed E-state index contributed by atoms with van der Waals surface area (Å²) in [5.41, 5.74) is -0.327. The van der Waals surface area contributed by atoms with Gasteiger partial charge in [0.05, 0.1) is 10.5 Å². The number of fused-ring (bicyclic) bond motifs is 1. The van der Waals surface area contributed by atoms with Gasteiger partial charge in [0, 0.05) is 17.5 Å². The van der Waals surface area contributed by atoms with Crippen molar-refractivity contribution in [1.82, 2.24) is 4.72 Å². The third-order valence-electron chi connectivity index (χ3n) is 4.42. The number of nitrogens with one attached hydrogen (secondary N) is 1. The van der Waals surface area contributed by atoms with Crippen molar-refractivity contribution in [2.45, 2.75) is 24.4 Å². The van der Waals surface area contributed by atoms with Crippen molar-refractivity contribution in [1.29, 1.82) is 0 Å². The van der Waals surface area contributed by atoms with Gasteiger partial charge in [0.15, 0.2) is 0 Å². The first-order valence-electron chi connectivity index (χ1n) is 8.42. The second-order valence-electron chi connectivity index (χ2n) is 6.32. The molecule has 1 aromatic heterocycles. The average Bonchev–Trinajstić information content (AvgIpc) is 2.98. The molecule has 0 unspecified atom stereocenters. The second-order valence-corrected chi connectivity index (χ2v) is 8.09. The van der Waals surface area contributed by atoms with Gasteiger partial charge in [0.25, 0.3) is 0 Å². The molecule has 6 nitrogen and oxygen atoms in total. The first-order chi connectivity index (χ1) is 13.5. The quantitative estimate of drug-likeness (QED) is 0.620. The molecule has 0 saturated heterocycles. The van der Waals surface area contributed by atoms with Gasteiger partial charge in [-0.1, -0.05) is 18.2 Å². The van der Waals surface area contributed by atoms with Gasteiger partial charge < -0.3 is 9.52 Å². The molecule has 3 aromatic rings. The van der Waals surface area contributed by atoms with E-state index in [0.717, 1.165) is 6.07 Å². The summed E-state index contributed by atoms with van der Waals surface area (Å²) in [7, 11) is -4.02. The van der Waals surface area contributed by atoms with E-state index in [9.17, 15) is 26.4 Å². The summed E-state index contributed by atoms with van der Waals surface area (Å²) in [5.74, 6) is -1.56. The van der Waals surface area contributed by atoms with Gasteiger partial charge >= 0.3 is 12.1 Å². The van der Waals surface area contributed by atoms with Gasteiger partial charge in [-0.3, -0.25) is 0 Å². The van der Waals surface area contributed by atoms with E-state index in [1.807, 2.05) is 0 Å². The molecule has 0 atom stereocenters. The van der Waals surface area contributed by atoms with E-state index >= 15 is 0 Å². The summed E-state index contributed by atoms with van der Waals surface area (Å²) in [5, 5.41) is 9.42. The number of alkyl halides is 3. The van der Waals surface area contributed by atoms with Crippen molar-refractivity contribution in [2.75, 3.05) is 6.54 Å². The monoisotopic (exact) mass is 427 g/mol. The lowest BCUT2D eigenvalue weighted by atomic mass is 10.0. The molecule has 3 rings (SSSR count). The molecule has 0 radical (unpaired) electrons. The Labute approximate surface area is 164 Å². The molecule has 0 bridgehead atoms. The molecule has 0 saturated carbocycles. The summed E-state index contributed by atoms with van der Waals surface area (Å²) >= 11 is 0. The number of carbonyl (C=O) groups is 1. The average molecular weight is 427 g/mol. The molecule has 2 N–H and O–H groups in total. The molecule has 0 fully saturated rings. The van der Waals surface area contributed by atoms with E-state index in [4.69, 9.17) is 9.52 Å². The number of carboxylic acids is 1. The highest BCUT2D eigenvalue weighted by atomic mass is 32.2. The van der Waals surface area contributed by atoms with Crippen LogP contribution in [0.2, 0.25) is 0 Å². The Bertz CT molecular complexity index is 1180. The molecule has 0 aliphatic rings. The largest absolute Gasteiger partial charge is 0.475 e. The lowest BCUT2D eigenvalue weighted by Crippen LogP contribution is -2.26. The Morgan fingerprint density at radius 2 is 1.86 bits per heavy atom. The molecule has 154 valence electrons. The van der Waals surface area contributed by atoms with Crippen molar-refractivity contribution in [3.8, 4) is 0 Å². The van der Waals surface area contributed by atoms with Crippen LogP contribution in [0.15, 0.2) is 51.8 Å². The van der Waals surface area contributed by atoms with Crippen LogP contribution in [0.25, 0.3) is 11.0 Å². The summed E-state index contributed by atoms with van der Waals surface area (Å²) in [6, 6.07) is 8.81. The highest BCUT2D eigenvalue weighted by Crippen LogP contribution is 2.32. The molecule has 0 spiro atoms. The molecule has 0 amide bonds. The number of aromatic carboxylic acids is 1. The number of hydrogen-bond donors (Lipinski definition) is 2. The minimum absolute atomic E-state index is 0.0186. The zero-order valence-electron chi connectivity index (χ0n) is 15.1. The number of furan rings is 1. The van der Waals surface area contributed by atoms with Crippen LogP contribution >= 0.6 is 0 Å². The Kier molecular flexibility index (Phi) is 5.42. The molecule has 10 heteroatoms. The van der Waals surface area contributed by atoms with Gasteiger partial charge in [0.2, 0.25) is 15.8 Å². The van der Waals surface area contributed by atoms with E-state index in [0.29, 0.717) is 5.39 Å². The van der Waals surface area contributed by atoms with Crippen LogP contribution in [0.1, 0.15) is 27.2 Å². The van der Waals surface area contributed by atoms with Crippen molar-refractivity contribution in [2.24, 2.45) is 0 Å². The number of halogens is 3. The van der Waals surface area contributed by atoms with Gasteiger partial charge in [-0.2, -0.15) is 13.2 Å². The Morgan fingerprint density at radius 3 is 2.52 bits per heavy atom. The van der Waals surface area contributed by atoms with Crippen LogP contribution < -0.4 is 4.72 Å². The van der Waals surface area contributed by atoms with E-state index < -0.39 is 27.7 Å². The minimum atomic E-state index is -4.53. The number of rotatable bonds is 6. The van der Waals surface area contributed by atoms with Gasteiger partial charge in [0.1, 0.15) is 5.58 Å². The van der Waals surface area contributed by atoms with E-state index in [1.54, 1.807) is 0 Å². The fourth-order valence-electron chi connectivity index (χ4n) is 2.99. The fraction of sp³-hybridized carbons (Fsp3) is 0.211. The first kappa shape index (κ1) is 20.9. The van der Waals surface area contributed by atoms with Crippen LogP contribution in [-0.2, 0) is 22.6 Å². The number of hydrogen-bond acceptors (Lipinski definition) is 4. The summed E-state index contributed by atoms with van der Waals surface area (Å²) in [6.45, 7) is 1.26. The lowest BCUT2D eigenvalue weighted by Gasteiger charge is -2.13. The molecular weight excluding hydrogens is 411 g/mol. The maximum absolute atomic E-state index is 13.0. The highest BCUT2D eigenvalue weighted by molar-refractivity contribution is 7.89. The highest BCUT2D eigenvalue weighted by Gasteiger charge is 2.32. The number of aryl methyl sites for hydroxylation is 1. The van der Waals surface area contributed by atoms with Gasteiger partial charge in [-0.25, -0.2) is 17.9 Å². The SMILES string of the molecule is Cc1c(C(=O)O)oc2ccc(S(=O)(=O)NCCc3ccccc3C(F)(F)F)cc12. The third-order valence-corrected chi connectivity index (χ3v) is 5.88. The second kappa shape index (κ2) is 7.53. The van der Waals surface area contributed by atoms with Crippen LogP contribution in [0.5, 0.6) is 0 Å². The Hall–Kier alpha value is -2.85. The zero-order valence-corrected chi connectivity index (χ0v) is 15.9. The topological polar surface area (TPSA) is 96.6 Å². The summed E-state index contributed by atoms with van der Waals surface area (Å²) in [6.07, 6.45) is -4.67. The normalized spacial score (nSPS) is 12.4. The molecule has 29 heavy (non-hydrogen) atoms. The lowest BCUT2D eigenvalue weighted by molar-refractivity contribution is -0.138. The molecule has 1 heterocycles. The Morgan fingerprint density at radius 1 is 1.17 bits per heavy atom. The smallest absolute Gasteiger partial charge is 0.416 e. The minimum Gasteiger partial charge on any atom is -0.475 e. The van der Waals surface area contributed by atoms with Crippen molar-refractivity contribution >= 4 is 27.0 Å². The standard InChI is InChI=1S/C19H16F3NO5S/c1-11-14-10-13(6-7-16(14)28-17(11)18(24)25)29(26,27)23-9-8-12-4-2-3-5-15(12)19(20,21)22/h2-7,10,23H,8-9H2,1H3,(H,24,25). The van der Waals surface area contributed by atoms with E-state index in [1.165, 1.54) is 43.3 Å². The predicted molar refractivity (Wildman–Crippen MR) is 98.2 cm³/mol. The first-order valence-corrected chi connectivity index (χ1v) is 9.90. The van der Waals surface area contributed by atoms with Crippen LogP contribution in [0.4, 0.5) is 13.2 Å². The van der Waals surface area contributed by atoms with Gasteiger partial charge in [-0.05, 0) is 43.2 Å². The predicted octanol–water partition coefficient (Wildman–Crippen LogP) is 3.98.